The van der Waals surface area contributed by atoms with Crippen LogP contribution in [-0.2, 0) is 4.79 Å². The Bertz CT molecular complexity index is 1240. The van der Waals surface area contributed by atoms with Crippen molar-refractivity contribution in [3.05, 3.63) is 54.7 Å². The zero-order valence-electron chi connectivity index (χ0n) is 18.7. The predicted octanol–water partition coefficient (Wildman–Crippen LogP) is 4.18. The Labute approximate surface area is 196 Å². The largest absolute Gasteiger partial charge is 0.360 e. The molecule has 5 rings (SSSR count). The predicted molar refractivity (Wildman–Crippen MR) is 129 cm³/mol. The van der Waals surface area contributed by atoms with Crippen molar-refractivity contribution < 1.29 is 9.32 Å². The number of anilines is 1. The first-order valence-corrected chi connectivity index (χ1v) is 12.1. The molecular formula is C24H26N6O2S. The summed E-state index contributed by atoms with van der Waals surface area (Å²) in [5.41, 5.74) is 1.93. The number of fused-ring (bicyclic) bond motifs is 1. The van der Waals surface area contributed by atoms with Gasteiger partial charge in [-0.15, -0.1) is 11.8 Å². The van der Waals surface area contributed by atoms with Gasteiger partial charge in [-0.25, -0.2) is 4.98 Å². The van der Waals surface area contributed by atoms with Gasteiger partial charge in [0.25, 0.3) is 0 Å². The summed E-state index contributed by atoms with van der Waals surface area (Å²) in [5, 5.41) is 5.21. The zero-order chi connectivity index (χ0) is 22.8. The number of carbonyl (C=O) groups excluding carboxylic acids is 1. The summed E-state index contributed by atoms with van der Waals surface area (Å²) in [6, 6.07) is 12.1. The number of hydrogen-bond acceptors (Lipinski definition) is 7. The van der Waals surface area contributed by atoms with Crippen LogP contribution in [0.1, 0.15) is 25.7 Å². The highest BCUT2D eigenvalue weighted by Gasteiger charge is 2.22. The van der Waals surface area contributed by atoms with E-state index in [9.17, 15) is 4.79 Å². The van der Waals surface area contributed by atoms with E-state index < -0.39 is 0 Å². The fourth-order valence-corrected chi connectivity index (χ4v) is 4.81. The molecule has 33 heavy (non-hydrogen) atoms. The minimum Gasteiger partial charge on any atom is -0.360 e. The molecule has 1 aliphatic rings. The number of carbonyl (C=O) groups is 1. The number of nitrogens with zero attached hydrogens (tertiary/aromatic N) is 5. The van der Waals surface area contributed by atoms with Gasteiger partial charge in [0, 0.05) is 65.9 Å². The molecule has 1 aromatic carbocycles. The molecule has 0 unspecified atom stereocenters. The van der Waals surface area contributed by atoms with Crippen molar-refractivity contribution in [2.75, 3.05) is 36.8 Å². The average molecular weight is 463 g/mol. The van der Waals surface area contributed by atoms with Gasteiger partial charge in [0.1, 0.15) is 5.82 Å². The molecule has 0 radical (unpaired) electrons. The molecule has 0 saturated carbocycles. The number of pyridine rings is 1. The minimum atomic E-state index is 0.173. The summed E-state index contributed by atoms with van der Waals surface area (Å²) in [7, 11) is 0. The molecule has 1 fully saturated rings. The highest BCUT2D eigenvalue weighted by atomic mass is 32.2. The first-order valence-electron chi connectivity index (χ1n) is 11.1. The van der Waals surface area contributed by atoms with Gasteiger partial charge in [-0.1, -0.05) is 37.2 Å². The van der Waals surface area contributed by atoms with Crippen LogP contribution < -0.4 is 4.90 Å². The summed E-state index contributed by atoms with van der Waals surface area (Å²) in [6.07, 6.45) is 3.76. The second-order valence-electron chi connectivity index (χ2n) is 8.37. The molecule has 3 aromatic heterocycles. The maximum atomic E-state index is 12.8. The van der Waals surface area contributed by atoms with Crippen molar-refractivity contribution in [2.24, 2.45) is 0 Å². The molecule has 0 atom stereocenters. The van der Waals surface area contributed by atoms with Gasteiger partial charge in [0.05, 0.1) is 5.75 Å². The number of para-hydroxylation sites is 1. The highest BCUT2D eigenvalue weighted by Crippen LogP contribution is 2.28. The van der Waals surface area contributed by atoms with E-state index in [0.717, 1.165) is 40.3 Å². The molecule has 8 nitrogen and oxygen atoms in total. The Hall–Kier alpha value is -3.33. The van der Waals surface area contributed by atoms with E-state index in [0.29, 0.717) is 30.6 Å². The summed E-state index contributed by atoms with van der Waals surface area (Å²) in [5.74, 6) is 2.88. The zero-order valence-corrected chi connectivity index (χ0v) is 19.5. The van der Waals surface area contributed by atoms with Crippen molar-refractivity contribution in [2.45, 2.75) is 24.7 Å². The molecule has 4 aromatic rings. The second-order valence-corrected chi connectivity index (χ2v) is 9.39. The Morgan fingerprint density at radius 3 is 2.70 bits per heavy atom. The summed E-state index contributed by atoms with van der Waals surface area (Å²) < 4.78 is 5.29. The maximum Gasteiger partial charge on any atom is 0.233 e. The lowest BCUT2D eigenvalue weighted by atomic mass is 10.2. The third kappa shape index (κ3) is 4.59. The number of amides is 1. The first-order chi connectivity index (χ1) is 16.1. The number of thioether (sulfide) groups is 1. The van der Waals surface area contributed by atoms with E-state index in [4.69, 9.17) is 4.52 Å². The number of rotatable bonds is 6. The Balaban J connectivity index is 1.14. The Kier molecular flexibility index (Phi) is 6.04. The van der Waals surface area contributed by atoms with Crippen molar-refractivity contribution in [1.29, 1.82) is 0 Å². The van der Waals surface area contributed by atoms with Crippen molar-refractivity contribution in [3.8, 4) is 11.4 Å². The third-order valence-corrected chi connectivity index (χ3v) is 6.84. The number of nitrogens with one attached hydrogen (secondary N) is 1. The molecular weight excluding hydrogens is 436 g/mol. The van der Waals surface area contributed by atoms with Crippen LogP contribution in [0.4, 0.5) is 5.82 Å². The van der Waals surface area contributed by atoms with Crippen LogP contribution in [-0.4, -0.2) is 62.8 Å². The van der Waals surface area contributed by atoms with Gasteiger partial charge >= 0.3 is 0 Å². The average Bonchev–Trinajstić information content (AvgIpc) is 3.51. The van der Waals surface area contributed by atoms with E-state index in [1.165, 1.54) is 0 Å². The minimum absolute atomic E-state index is 0.173. The molecule has 1 N–H and O–H groups in total. The Morgan fingerprint density at radius 1 is 1.15 bits per heavy atom. The monoisotopic (exact) mass is 462 g/mol. The van der Waals surface area contributed by atoms with Crippen LogP contribution in [0.3, 0.4) is 0 Å². The number of aromatic amines is 1. The quantitative estimate of drug-likeness (QED) is 0.430. The number of piperazine rings is 1. The van der Waals surface area contributed by atoms with Gasteiger partial charge in [-0.3, -0.25) is 4.79 Å². The highest BCUT2D eigenvalue weighted by molar-refractivity contribution is 8.00. The number of benzene rings is 1. The van der Waals surface area contributed by atoms with Crippen molar-refractivity contribution >= 4 is 34.4 Å². The summed E-state index contributed by atoms with van der Waals surface area (Å²) in [4.78, 5) is 30.3. The standard InChI is InChI=1S/C24H26N6O2S/c1-16(2)24-27-23(28-32-24)17-7-8-21(26-13-17)29-9-11-30(12-10-29)22(31)15-33-20-14-25-19-6-4-3-5-18(19)20/h3-8,13-14,16,25H,9-12,15H2,1-2H3. The molecule has 4 heterocycles. The van der Waals surface area contributed by atoms with Gasteiger partial charge in [0.15, 0.2) is 0 Å². The lowest BCUT2D eigenvalue weighted by molar-refractivity contribution is -0.128. The van der Waals surface area contributed by atoms with Crippen LogP contribution in [0.5, 0.6) is 0 Å². The SMILES string of the molecule is CC(C)c1nc(-c2ccc(N3CCN(C(=O)CSc4c[nH]c5ccccc45)CC3)nc2)no1. The lowest BCUT2D eigenvalue weighted by Gasteiger charge is -2.35. The van der Waals surface area contributed by atoms with Gasteiger partial charge in [0.2, 0.25) is 17.6 Å². The van der Waals surface area contributed by atoms with Crippen LogP contribution in [0, 0.1) is 0 Å². The molecule has 1 saturated heterocycles. The molecule has 1 amide bonds. The van der Waals surface area contributed by atoms with E-state index in [1.807, 2.05) is 55.3 Å². The van der Waals surface area contributed by atoms with Gasteiger partial charge < -0.3 is 19.3 Å². The van der Waals surface area contributed by atoms with Gasteiger partial charge in [-0.05, 0) is 18.2 Å². The topological polar surface area (TPSA) is 91.2 Å². The van der Waals surface area contributed by atoms with E-state index in [1.54, 1.807) is 18.0 Å². The number of hydrogen-bond donors (Lipinski definition) is 1. The fourth-order valence-electron chi connectivity index (χ4n) is 3.87. The molecule has 9 heteroatoms. The Morgan fingerprint density at radius 2 is 1.97 bits per heavy atom. The first kappa shape index (κ1) is 21.5. The smallest absolute Gasteiger partial charge is 0.233 e. The molecule has 0 bridgehead atoms. The summed E-state index contributed by atoms with van der Waals surface area (Å²) in [6.45, 7) is 6.94. The van der Waals surface area contributed by atoms with Crippen molar-refractivity contribution in [3.63, 3.8) is 0 Å². The van der Waals surface area contributed by atoms with Crippen LogP contribution >= 0.6 is 11.8 Å². The number of aromatic nitrogens is 4. The third-order valence-electron chi connectivity index (χ3n) is 5.80. The number of H-pyrrole nitrogens is 1. The fraction of sp³-hybridized carbons (Fsp3) is 0.333. The lowest BCUT2D eigenvalue weighted by Crippen LogP contribution is -2.49. The summed E-state index contributed by atoms with van der Waals surface area (Å²) >= 11 is 1.59. The van der Waals surface area contributed by atoms with E-state index in [2.05, 4.69) is 31.1 Å². The second kappa shape index (κ2) is 9.27. The molecule has 170 valence electrons. The van der Waals surface area contributed by atoms with E-state index >= 15 is 0 Å². The van der Waals surface area contributed by atoms with Crippen molar-refractivity contribution in [1.82, 2.24) is 25.0 Å². The molecule has 0 spiro atoms. The maximum absolute atomic E-state index is 12.8. The molecule has 1 aliphatic heterocycles. The van der Waals surface area contributed by atoms with Crippen LogP contribution in [0.2, 0.25) is 0 Å². The van der Waals surface area contributed by atoms with Crippen LogP contribution in [0.15, 0.2) is 58.2 Å². The normalized spacial score (nSPS) is 14.4. The molecule has 0 aliphatic carbocycles. The van der Waals surface area contributed by atoms with Gasteiger partial charge in [-0.2, -0.15) is 4.98 Å². The van der Waals surface area contributed by atoms with E-state index in [-0.39, 0.29) is 11.8 Å². The van der Waals surface area contributed by atoms with Crippen LogP contribution in [0.25, 0.3) is 22.3 Å².